The van der Waals surface area contributed by atoms with Crippen LogP contribution in [0.25, 0.3) is 65.4 Å². The SMILES string of the molecule is CC(C)(C)OC(=O)N1C[C@@H](N)[C@H](O)[C@@H](n2c3ccc(F)cc3c3cc(F)ccc32)C1.CC(C)(C)OC(=O)N1C[C@@H](NS(=O)(=O)c2ccc(OC(F)(F)F)cc2)[C@H](O)[C@@H](n2c3ccc(F)cc3c3cc(F)ccc32)C1.CCN(CC)CC.Cc1ccc(S(=O)(=O)Cl)cc1.O=S(=O)(N[C@@H]1CNC[C@H](n2c3ccc(F)cc3c3cc(F)ccc32)[C@H]1O)c1ccc(OC(F)(F)F)cc1. The van der Waals surface area contributed by atoms with Gasteiger partial charge < -0.3 is 73.7 Å². The molecule has 25 nitrogen and oxygen atoms in total. The summed E-state index contributed by atoms with van der Waals surface area (Å²) in [7, 11) is -7.16. The van der Waals surface area contributed by atoms with Gasteiger partial charge in [-0.1, -0.05) is 38.5 Å². The molecule has 3 aliphatic rings. The number of nitrogens with two attached hydrogens (primary N) is 1. The van der Waals surface area contributed by atoms with Gasteiger partial charge in [0.1, 0.15) is 57.6 Å². The van der Waals surface area contributed by atoms with Crippen LogP contribution < -0.4 is 30.0 Å². The molecule has 0 aliphatic carbocycles. The highest BCUT2D eigenvalue weighted by Crippen LogP contribution is 2.41. The van der Waals surface area contributed by atoms with E-state index < -0.39 is 171 Å². The van der Waals surface area contributed by atoms with E-state index in [1.165, 1.54) is 139 Å². The fraction of sp³-hybridized carbons (Fsp3) is 0.364. The smallest absolute Gasteiger partial charge is 0.444 e. The van der Waals surface area contributed by atoms with Gasteiger partial charge in [-0.3, -0.25) is 0 Å². The van der Waals surface area contributed by atoms with Crippen molar-refractivity contribution in [3.8, 4) is 11.5 Å². The van der Waals surface area contributed by atoms with E-state index in [2.05, 4.69) is 49.9 Å². The minimum Gasteiger partial charge on any atom is -0.444 e. The van der Waals surface area contributed by atoms with Crippen molar-refractivity contribution in [3.63, 3.8) is 0 Å². The molecular formula is C88H95ClF12N10O15S3. The van der Waals surface area contributed by atoms with Crippen molar-refractivity contribution in [2.75, 3.05) is 58.9 Å². The quantitative estimate of drug-likeness (QED) is 0.0370. The molecule has 9 aromatic carbocycles. The number of nitrogens with one attached hydrogen (secondary N) is 3. The maximum atomic E-state index is 14.3. The molecular weight excluding hydrogens is 1800 g/mol. The van der Waals surface area contributed by atoms with Gasteiger partial charge in [0, 0.05) is 115 Å². The number of nitrogens with zero attached hydrogens (tertiary/aromatic N) is 6. The van der Waals surface area contributed by atoms with Gasteiger partial charge in [-0.05, 0) is 238 Å². The lowest BCUT2D eigenvalue weighted by Gasteiger charge is -2.42. The largest absolute Gasteiger partial charge is 0.573 e. The van der Waals surface area contributed by atoms with Crippen LogP contribution in [0.1, 0.15) is 86.0 Å². The number of piperidine rings is 3. The number of amides is 2. The first-order valence-corrected chi connectivity index (χ1v) is 45.6. The number of halogens is 13. The zero-order chi connectivity index (χ0) is 94.7. The van der Waals surface area contributed by atoms with E-state index in [4.69, 9.17) is 25.9 Å². The van der Waals surface area contributed by atoms with Crippen molar-refractivity contribution in [2.45, 2.75) is 162 Å². The molecule has 12 aromatic rings. The summed E-state index contributed by atoms with van der Waals surface area (Å²) in [4.78, 5) is 30.3. The Morgan fingerprint density at radius 1 is 0.434 bits per heavy atom. The predicted molar refractivity (Wildman–Crippen MR) is 462 cm³/mol. The summed E-state index contributed by atoms with van der Waals surface area (Å²) in [6.07, 6.45) is -14.9. The molecule has 15 rings (SSSR count). The monoisotopic (exact) mass is 1890 g/mol. The Hall–Kier alpha value is -10.5. The fourth-order valence-electron chi connectivity index (χ4n) is 15.5. The molecule has 0 radical (unpaired) electrons. The zero-order valence-corrected chi connectivity index (χ0v) is 74.2. The molecule has 3 aromatic heterocycles. The van der Waals surface area contributed by atoms with Crippen molar-refractivity contribution < 1.29 is 122 Å². The van der Waals surface area contributed by atoms with Crippen LogP contribution in [0.3, 0.4) is 0 Å². The van der Waals surface area contributed by atoms with E-state index in [0.29, 0.717) is 65.4 Å². The maximum Gasteiger partial charge on any atom is 0.573 e. The van der Waals surface area contributed by atoms with Gasteiger partial charge in [-0.15, -0.1) is 26.3 Å². The maximum absolute atomic E-state index is 14.3. The number of aliphatic hydroxyl groups is 3. The van der Waals surface area contributed by atoms with Gasteiger partial charge in [-0.25, -0.2) is 70.6 Å². The van der Waals surface area contributed by atoms with Crippen LogP contribution in [0.5, 0.6) is 11.5 Å². The molecule has 3 aliphatic heterocycles. The van der Waals surface area contributed by atoms with Crippen LogP contribution in [-0.4, -0.2) is 200 Å². The van der Waals surface area contributed by atoms with Crippen molar-refractivity contribution in [1.29, 1.82) is 0 Å². The van der Waals surface area contributed by atoms with Crippen molar-refractivity contribution in [2.24, 2.45) is 5.73 Å². The molecule has 129 heavy (non-hydrogen) atoms. The number of aryl methyl sites for hydroxylation is 1. The van der Waals surface area contributed by atoms with Gasteiger partial charge in [0.05, 0.1) is 69.2 Å². The molecule has 696 valence electrons. The Morgan fingerprint density at radius 2 is 0.729 bits per heavy atom. The van der Waals surface area contributed by atoms with Crippen LogP contribution in [-0.2, 0) is 38.6 Å². The molecule has 9 atom stereocenters. The van der Waals surface area contributed by atoms with E-state index in [1.54, 1.807) is 74.9 Å². The van der Waals surface area contributed by atoms with Crippen LogP contribution in [0, 0.1) is 41.8 Å². The Balaban J connectivity index is 0.000000172. The molecule has 3 fully saturated rings. The van der Waals surface area contributed by atoms with Gasteiger partial charge in [0.25, 0.3) is 9.05 Å². The Bertz CT molecular complexity index is 6220. The number of hydrogen-bond acceptors (Lipinski definition) is 18. The van der Waals surface area contributed by atoms with E-state index in [1.807, 2.05) is 11.5 Å². The second-order valence-electron chi connectivity index (χ2n) is 32.7. The minimum absolute atomic E-state index is 0.0621. The van der Waals surface area contributed by atoms with E-state index >= 15 is 0 Å². The topological polar surface area (TPSA) is 321 Å². The molecule has 0 saturated carbocycles. The average molecular weight is 1890 g/mol. The highest BCUT2D eigenvalue weighted by molar-refractivity contribution is 8.13. The predicted octanol–water partition coefficient (Wildman–Crippen LogP) is 16.1. The molecule has 0 spiro atoms. The molecule has 0 bridgehead atoms. The number of fused-ring (bicyclic) bond motifs is 9. The lowest BCUT2D eigenvalue weighted by molar-refractivity contribution is -0.275. The van der Waals surface area contributed by atoms with E-state index in [-0.39, 0.29) is 49.1 Å². The molecule has 0 unspecified atom stereocenters. The van der Waals surface area contributed by atoms with Gasteiger partial charge in [0.2, 0.25) is 20.0 Å². The number of aliphatic hydroxyl groups excluding tert-OH is 3. The summed E-state index contributed by atoms with van der Waals surface area (Å²) in [6.45, 7) is 22.4. The second kappa shape index (κ2) is 39.7. The lowest BCUT2D eigenvalue weighted by atomic mass is 9.97. The summed E-state index contributed by atoms with van der Waals surface area (Å²) in [5, 5.41) is 39.4. The normalized spacial score (nSPS) is 19.6. The van der Waals surface area contributed by atoms with Gasteiger partial charge >= 0.3 is 24.9 Å². The first kappa shape index (κ1) is 99.1. The van der Waals surface area contributed by atoms with Crippen molar-refractivity contribution in [3.05, 3.63) is 222 Å². The number of hydrogen-bond donors (Lipinski definition) is 7. The number of carbonyl (C=O) groups is 2. The van der Waals surface area contributed by atoms with Gasteiger partial charge in [0.15, 0.2) is 0 Å². The first-order chi connectivity index (χ1) is 60.2. The fourth-order valence-corrected chi connectivity index (χ4v) is 18.7. The van der Waals surface area contributed by atoms with Crippen LogP contribution >= 0.6 is 10.7 Å². The standard InChI is InChI=1S/C29H28F5N3O6S.C24H20F5N3O4S.C22H25F2N3O3.C7H7ClO2S.C6H15N/c1-28(2,3)43-27(39)36-14-22(35-44(40,41)19-8-6-18(7-9-19)42-29(32,33)34)26(38)25(15-36)37-23-10-4-16(30)12-20(23)21-13-17(31)5-11-24(21)37;25-13-1-7-20-17(9-13)18-10-14(26)2-8-21(18)32(20)22-12-30-11-19(23(22)33)31-37(34,35)16-5-3-15(4-6-16)36-24(27,28)29;1-22(2,3)30-21(29)26-10-16(25)20(28)19(11-26)27-17-6-4-12(23)8-14(17)15-9-13(24)5-7-18(15)27;1-6-2-4-7(5-3-6)11(8,9)10;1-4-7(5-2)6-3/h4-13,22,25-26,35,38H,14-15H2,1-3H3;1-10,19,22-23,30-31,33H,11-12H2;4-9,16,19-20,28H,10-11,25H2,1-3H3;2-5H,1H3;4-6H2,1-3H3/t22-,25+,26+;19-,22+,23+;16-,19+,20+;;/m111../s1. The number of likely N-dealkylation sites (tertiary alicyclic amines) is 2. The number of aromatic nitrogens is 3. The number of rotatable bonds is 15. The molecule has 41 heteroatoms. The van der Waals surface area contributed by atoms with Crippen molar-refractivity contribution in [1.82, 2.24) is 43.2 Å². The molecule has 2 amide bonds. The van der Waals surface area contributed by atoms with Crippen LogP contribution in [0.2, 0.25) is 0 Å². The molecule has 6 heterocycles. The third-order valence-electron chi connectivity index (χ3n) is 21.3. The second-order valence-corrected chi connectivity index (χ2v) is 38.7. The van der Waals surface area contributed by atoms with Crippen molar-refractivity contribution >= 4 is 117 Å². The minimum atomic E-state index is -4.98. The number of benzene rings is 9. The van der Waals surface area contributed by atoms with Crippen LogP contribution in [0.4, 0.5) is 62.3 Å². The summed E-state index contributed by atoms with van der Waals surface area (Å²) in [5.41, 5.74) is 8.67. The third kappa shape index (κ3) is 24.4. The molecule has 8 N–H and O–H groups in total. The number of sulfonamides is 2. The van der Waals surface area contributed by atoms with Crippen LogP contribution in [0.15, 0.2) is 197 Å². The number of alkyl halides is 6. The number of carbonyl (C=O) groups excluding carboxylic acids is 2. The summed E-state index contributed by atoms with van der Waals surface area (Å²) < 4.78 is 262. The van der Waals surface area contributed by atoms with Gasteiger partial charge in [-0.2, -0.15) is 0 Å². The average Bonchev–Trinajstić information content (AvgIpc) is 1.60. The Kier molecular flexibility index (Phi) is 30.5. The Labute approximate surface area is 739 Å². The number of ether oxygens (including phenoxy) is 4. The summed E-state index contributed by atoms with van der Waals surface area (Å²) in [5.74, 6) is -4.31. The zero-order valence-electron chi connectivity index (χ0n) is 71.0. The summed E-state index contributed by atoms with van der Waals surface area (Å²) >= 11 is 0. The third-order valence-corrected chi connectivity index (χ3v) is 25.7. The molecule has 3 saturated heterocycles. The van der Waals surface area contributed by atoms with E-state index in [0.717, 1.165) is 54.1 Å². The summed E-state index contributed by atoms with van der Waals surface area (Å²) in [6, 6.07) is 32.2. The Morgan fingerprint density at radius 3 is 1.03 bits per heavy atom. The highest BCUT2D eigenvalue weighted by Gasteiger charge is 2.45. The lowest BCUT2D eigenvalue weighted by Crippen LogP contribution is -2.60. The highest BCUT2D eigenvalue weighted by atomic mass is 35.7. The first-order valence-electron chi connectivity index (χ1n) is 40.4. The van der Waals surface area contributed by atoms with E-state index in [9.17, 15) is 103 Å².